The lowest BCUT2D eigenvalue weighted by molar-refractivity contribution is -0.127. The minimum Gasteiger partial charge on any atom is -0.348 e. The van der Waals surface area contributed by atoms with Crippen LogP contribution in [0.3, 0.4) is 0 Å². The zero-order valence-electron chi connectivity index (χ0n) is 11.5. The highest BCUT2D eigenvalue weighted by molar-refractivity contribution is 5.86. The molecular formula is C16H22N2O. The second kappa shape index (κ2) is 4.97. The van der Waals surface area contributed by atoms with Crippen LogP contribution in [0.4, 0.5) is 0 Å². The van der Waals surface area contributed by atoms with Gasteiger partial charge in [-0.1, -0.05) is 24.3 Å². The SMILES string of the molecule is CC1(C(=O)NC2CCCc3ccccc32)CCCN1. The van der Waals surface area contributed by atoms with Crippen LogP contribution in [0.5, 0.6) is 0 Å². The molecule has 1 fully saturated rings. The lowest BCUT2D eigenvalue weighted by Gasteiger charge is -2.30. The number of fused-ring (bicyclic) bond motifs is 1. The third kappa shape index (κ3) is 2.39. The first-order valence-electron chi connectivity index (χ1n) is 7.33. The number of aryl methyl sites for hydroxylation is 1. The molecule has 1 aromatic carbocycles. The maximum Gasteiger partial charge on any atom is 0.240 e. The Morgan fingerprint density at radius 1 is 1.37 bits per heavy atom. The van der Waals surface area contributed by atoms with Crippen LogP contribution in [-0.2, 0) is 11.2 Å². The number of amides is 1. The molecule has 1 amide bonds. The number of rotatable bonds is 2. The molecule has 0 bridgehead atoms. The molecule has 3 rings (SSSR count). The molecule has 0 radical (unpaired) electrons. The fourth-order valence-corrected chi connectivity index (χ4v) is 3.31. The van der Waals surface area contributed by atoms with Gasteiger partial charge in [-0.05, 0) is 56.7 Å². The standard InChI is InChI=1S/C16H22N2O/c1-16(10-5-11-17-16)15(19)18-14-9-4-7-12-6-2-3-8-13(12)14/h2-3,6,8,14,17H,4-5,7,9-11H2,1H3,(H,18,19). The summed E-state index contributed by atoms with van der Waals surface area (Å²) in [6.07, 6.45) is 5.38. The minimum atomic E-state index is -0.369. The van der Waals surface area contributed by atoms with Gasteiger partial charge in [-0.25, -0.2) is 0 Å². The molecule has 1 saturated heterocycles. The average Bonchev–Trinajstić information content (AvgIpc) is 2.87. The van der Waals surface area contributed by atoms with Crippen molar-refractivity contribution in [2.45, 2.75) is 50.6 Å². The molecule has 0 aromatic heterocycles. The zero-order chi connectivity index (χ0) is 13.3. The van der Waals surface area contributed by atoms with Crippen LogP contribution in [0.2, 0.25) is 0 Å². The normalized spacial score (nSPS) is 29.8. The molecule has 3 nitrogen and oxygen atoms in total. The third-order valence-electron chi connectivity index (χ3n) is 4.54. The van der Waals surface area contributed by atoms with Crippen LogP contribution in [0.25, 0.3) is 0 Å². The minimum absolute atomic E-state index is 0.159. The highest BCUT2D eigenvalue weighted by Crippen LogP contribution is 2.30. The first-order valence-corrected chi connectivity index (χ1v) is 7.33. The summed E-state index contributed by atoms with van der Waals surface area (Å²) in [4.78, 5) is 12.5. The van der Waals surface area contributed by atoms with E-state index in [4.69, 9.17) is 0 Å². The van der Waals surface area contributed by atoms with Gasteiger partial charge in [-0.15, -0.1) is 0 Å². The molecule has 2 N–H and O–H groups in total. The van der Waals surface area contributed by atoms with Crippen molar-refractivity contribution in [3.8, 4) is 0 Å². The summed E-state index contributed by atoms with van der Waals surface area (Å²) in [5, 5.41) is 6.59. The number of carbonyl (C=O) groups excluding carboxylic acids is 1. The lowest BCUT2D eigenvalue weighted by atomic mass is 9.87. The average molecular weight is 258 g/mol. The van der Waals surface area contributed by atoms with Gasteiger partial charge < -0.3 is 10.6 Å². The summed E-state index contributed by atoms with van der Waals surface area (Å²) in [7, 11) is 0. The van der Waals surface area contributed by atoms with E-state index in [1.54, 1.807) is 0 Å². The quantitative estimate of drug-likeness (QED) is 0.855. The molecule has 0 saturated carbocycles. The molecule has 102 valence electrons. The van der Waals surface area contributed by atoms with Crippen molar-refractivity contribution in [1.82, 2.24) is 10.6 Å². The second-order valence-electron chi connectivity index (χ2n) is 5.98. The van der Waals surface area contributed by atoms with Crippen molar-refractivity contribution in [2.75, 3.05) is 6.54 Å². The summed E-state index contributed by atoms with van der Waals surface area (Å²) in [6, 6.07) is 8.69. The Morgan fingerprint density at radius 2 is 2.21 bits per heavy atom. The van der Waals surface area contributed by atoms with E-state index in [1.165, 1.54) is 11.1 Å². The van der Waals surface area contributed by atoms with Crippen LogP contribution < -0.4 is 10.6 Å². The van der Waals surface area contributed by atoms with Gasteiger partial charge in [0.2, 0.25) is 5.91 Å². The third-order valence-corrected chi connectivity index (χ3v) is 4.54. The van der Waals surface area contributed by atoms with E-state index < -0.39 is 0 Å². The Balaban J connectivity index is 1.76. The van der Waals surface area contributed by atoms with Gasteiger partial charge in [0.05, 0.1) is 11.6 Å². The van der Waals surface area contributed by atoms with Crippen molar-refractivity contribution in [1.29, 1.82) is 0 Å². The highest BCUT2D eigenvalue weighted by atomic mass is 16.2. The molecule has 1 aromatic rings. The largest absolute Gasteiger partial charge is 0.348 e. The molecular weight excluding hydrogens is 236 g/mol. The van der Waals surface area contributed by atoms with E-state index in [0.717, 1.165) is 38.6 Å². The molecule has 0 spiro atoms. The van der Waals surface area contributed by atoms with E-state index in [0.29, 0.717) is 0 Å². The fourth-order valence-electron chi connectivity index (χ4n) is 3.31. The predicted molar refractivity (Wildman–Crippen MR) is 75.9 cm³/mol. The molecule has 2 unspecified atom stereocenters. The van der Waals surface area contributed by atoms with Crippen LogP contribution in [0.15, 0.2) is 24.3 Å². The Kier molecular flexibility index (Phi) is 3.31. The van der Waals surface area contributed by atoms with Gasteiger partial charge in [-0.3, -0.25) is 4.79 Å². The maximum absolute atomic E-state index is 12.5. The van der Waals surface area contributed by atoms with Crippen LogP contribution in [-0.4, -0.2) is 18.0 Å². The summed E-state index contributed by atoms with van der Waals surface area (Å²) >= 11 is 0. The van der Waals surface area contributed by atoms with Gasteiger partial charge in [-0.2, -0.15) is 0 Å². The summed E-state index contributed by atoms with van der Waals surface area (Å²) in [6.45, 7) is 2.97. The molecule has 19 heavy (non-hydrogen) atoms. The molecule has 1 aliphatic heterocycles. The number of hydrogen-bond donors (Lipinski definition) is 2. The van der Waals surface area contributed by atoms with Crippen LogP contribution >= 0.6 is 0 Å². The smallest absolute Gasteiger partial charge is 0.240 e. The van der Waals surface area contributed by atoms with Crippen molar-refractivity contribution >= 4 is 5.91 Å². The highest BCUT2D eigenvalue weighted by Gasteiger charge is 2.37. The van der Waals surface area contributed by atoms with Crippen molar-refractivity contribution in [3.05, 3.63) is 35.4 Å². The number of nitrogens with one attached hydrogen (secondary N) is 2. The van der Waals surface area contributed by atoms with Gasteiger partial charge in [0, 0.05) is 0 Å². The van der Waals surface area contributed by atoms with Crippen LogP contribution in [0.1, 0.15) is 49.8 Å². The topological polar surface area (TPSA) is 41.1 Å². The maximum atomic E-state index is 12.5. The number of benzene rings is 1. The summed E-state index contributed by atoms with van der Waals surface area (Å²) in [5.74, 6) is 0.159. The second-order valence-corrected chi connectivity index (χ2v) is 5.98. The fraction of sp³-hybridized carbons (Fsp3) is 0.562. The number of hydrogen-bond acceptors (Lipinski definition) is 2. The summed E-state index contributed by atoms with van der Waals surface area (Å²) < 4.78 is 0. The summed E-state index contributed by atoms with van der Waals surface area (Å²) in [5.41, 5.74) is 2.33. The number of carbonyl (C=O) groups is 1. The molecule has 2 atom stereocenters. The van der Waals surface area contributed by atoms with Gasteiger partial charge >= 0.3 is 0 Å². The Hall–Kier alpha value is -1.35. The molecule has 2 aliphatic rings. The molecule has 3 heteroatoms. The first kappa shape index (κ1) is 12.7. The van der Waals surface area contributed by atoms with E-state index in [1.807, 2.05) is 6.92 Å². The monoisotopic (exact) mass is 258 g/mol. The van der Waals surface area contributed by atoms with E-state index in [9.17, 15) is 4.79 Å². The Bertz CT molecular complexity index is 477. The van der Waals surface area contributed by atoms with Crippen molar-refractivity contribution in [3.63, 3.8) is 0 Å². The molecule has 1 aliphatic carbocycles. The Morgan fingerprint density at radius 3 is 3.00 bits per heavy atom. The van der Waals surface area contributed by atoms with Crippen molar-refractivity contribution in [2.24, 2.45) is 0 Å². The predicted octanol–water partition coefficient (Wildman–Crippen LogP) is 2.32. The first-order chi connectivity index (χ1) is 9.19. The van der Waals surface area contributed by atoms with Crippen LogP contribution in [0, 0.1) is 0 Å². The lowest BCUT2D eigenvalue weighted by Crippen LogP contribution is -2.52. The Labute approximate surface area is 114 Å². The van der Waals surface area contributed by atoms with Gasteiger partial charge in [0.15, 0.2) is 0 Å². The molecule has 1 heterocycles. The van der Waals surface area contributed by atoms with E-state index in [2.05, 4.69) is 34.9 Å². The van der Waals surface area contributed by atoms with E-state index >= 15 is 0 Å². The van der Waals surface area contributed by atoms with E-state index in [-0.39, 0.29) is 17.5 Å². The van der Waals surface area contributed by atoms with Crippen molar-refractivity contribution < 1.29 is 4.79 Å². The van der Waals surface area contributed by atoms with Gasteiger partial charge in [0.25, 0.3) is 0 Å². The van der Waals surface area contributed by atoms with Gasteiger partial charge in [0.1, 0.15) is 0 Å². The zero-order valence-corrected chi connectivity index (χ0v) is 11.5.